The van der Waals surface area contributed by atoms with Crippen molar-refractivity contribution in [3.05, 3.63) is 94.1 Å². The van der Waals surface area contributed by atoms with Crippen molar-refractivity contribution in [2.75, 3.05) is 18.0 Å². The average Bonchev–Trinajstić information content (AvgIpc) is 2.80. The Hall–Kier alpha value is -3.24. The SMILES string of the molecule is O=C/C=C/C=C/c1ncc(/C=C/C=C/C=C/c2cc3c4c(c2)CCCN4CCC3)nc1Cl. The molecule has 2 aliphatic rings. The van der Waals surface area contributed by atoms with Gasteiger partial charge in [-0.2, -0.15) is 0 Å². The molecule has 0 spiro atoms. The first kappa shape index (κ1) is 22.0. The zero-order valence-corrected chi connectivity index (χ0v) is 18.7. The van der Waals surface area contributed by atoms with E-state index in [1.165, 1.54) is 67.2 Å². The van der Waals surface area contributed by atoms with E-state index in [2.05, 4.69) is 39.2 Å². The molecule has 3 heterocycles. The summed E-state index contributed by atoms with van der Waals surface area (Å²) in [6.45, 7) is 2.41. The van der Waals surface area contributed by atoms with Gasteiger partial charge in [0.1, 0.15) is 12.0 Å². The molecule has 0 radical (unpaired) electrons. The number of anilines is 1. The number of benzene rings is 1. The van der Waals surface area contributed by atoms with Crippen LogP contribution in [0.5, 0.6) is 0 Å². The zero-order chi connectivity index (χ0) is 22.2. The first-order valence-electron chi connectivity index (χ1n) is 11.0. The van der Waals surface area contributed by atoms with Crippen LogP contribution in [0.4, 0.5) is 5.69 Å². The third-order valence-electron chi connectivity index (χ3n) is 5.57. The second kappa shape index (κ2) is 10.9. The molecule has 0 aliphatic carbocycles. The third-order valence-corrected chi connectivity index (χ3v) is 5.85. The molecular weight excluding hydrogens is 418 g/mol. The number of aldehydes is 1. The van der Waals surface area contributed by atoms with Gasteiger partial charge in [-0.15, -0.1) is 0 Å². The summed E-state index contributed by atoms with van der Waals surface area (Å²) in [5.41, 5.74) is 7.04. The summed E-state index contributed by atoms with van der Waals surface area (Å²) in [7, 11) is 0. The Morgan fingerprint density at radius 3 is 2.19 bits per heavy atom. The summed E-state index contributed by atoms with van der Waals surface area (Å²) >= 11 is 6.18. The number of rotatable bonds is 7. The van der Waals surface area contributed by atoms with Crippen LogP contribution in [0.15, 0.2) is 60.9 Å². The number of allylic oxidation sites excluding steroid dienone is 7. The van der Waals surface area contributed by atoms with Gasteiger partial charge in [0.25, 0.3) is 0 Å². The molecule has 4 nitrogen and oxygen atoms in total. The van der Waals surface area contributed by atoms with E-state index in [0.29, 0.717) is 22.8 Å². The lowest BCUT2D eigenvalue weighted by molar-refractivity contribution is -0.104. The van der Waals surface area contributed by atoms with E-state index in [1.54, 1.807) is 24.4 Å². The molecular formula is C27H26ClN3O. The highest BCUT2D eigenvalue weighted by Gasteiger charge is 2.23. The molecule has 2 aromatic rings. The maximum absolute atomic E-state index is 10.3. The molecule has 0 atom stereocenters. The fraction of sp³-hybridized carbons (Fsp3) is 0.222. The number of aryl methyl sites for hydroxylation is 2. The zero-order valence-electron chi connectivity index (χ0n) is 18.0. The number of hydrogen-bond acceptors (Lipinski definition) is 4. The molecule has 0 unspecified atom stereocenters. The van der Waals surface area contributed by atoms with Gasteiger partial charge in [0.2, 0.25) is 0 Å². The Morgan fingerprint density at radius 1 is 0.844 bits per heavy atom. The first-order valence-corrected chi connectivity index (χ1v) is 11.4. The summed E-state index contributed by atoms with van der Waals surface area (Å²) in [5.74, 6) is 0. The summed E-state index contributed by atoms with van der Waals surface area (Å²) in [6, 6.07) is 4.69. The normalized spacial score (nSPS) is 16.2. The fourth-order valence-corrected chi connectivity index (χ4v) is 4.42. The maximum Gasteiger partial charge on any atom is 0.155 e. The van der Waals surface area contributed by atoms with Gasteiger partial charge < -0.3 is 4.90 Å². The van der Waals surface area contributed by atoms with Crippen LogP contribution in [0.25, 0.3) is 18.2 Å². The van der Waals surface area contributed by atoms with Crippen LogP contribution < -0.4 is 4.90 Å². The van der Waals surface area contributed by atoms with E-state index in [0.717, 1.165) is 0 Å². The highest BCUT2D eigenvalue weighted by atomic mass is 35.5. The van der Waals surface area contributed by atoms with Crippen LogP contribution in [-0.4, -0.2) is 29.3 Å². The smallest absolute Gasteiger partial charge is 0.155 e. The van der Waals surface area contributed by atoms with E-state index >= 15 is 0 Å². The predicted molar refractivity (Wildman–Crippen MR) is 134 cm³/mol. The van der Waals surface area contributed by atoms with Crippen LogP contribution in [0, 0.1) is 0 Å². The Morgan fingerprint density at radius 2 is 1.50 bits per heavy atom. The van der Waals surface area contributed by atoms with Crippen molar-refractivity contribution in [2.24, 2.45) is 0 Å². The van der Waals surface area contributed by atoms with Gasteiger partial charge in [-0.1, -0.05) is 54.1 Å². The molecule has 32 heavy (non-hydrogen) atoms. The van der Waals surface area contributed by atoms with Crippen molar-refractivity contribution in [3.8, 4) is 0 Å². The summed E-state index contributed by atoms with van der Waals surface area (Å²) in [5, 5.41) is 0.321. The lowest BCUT2D eigenvalue weighted by Crippen LogP contribution is -2.34. The van der Waals surface area contributed by atoms with Crippen molar-refractivity contribution in [1.29, 1.82) is 0 Å². The van der Waals surface area contributed by atoms with E-state index < -0.39 is 0 Å². The third kappa shape index (κ3) is 5.51. The van der Waals surface area contributed by atoms with Crippen LogP contribution in [0.1, 0.15) is 40.9 Å². The van der Waals surface area contributed by atoms with Crippen LogP contribution in [0.3, 0.4) is 0 Å². The molecule has 1 aromatic carbocycles. The van der Waals surface area contributed by atoms with E-state index in [-0.39, 0.29) is 0 Å². The Labute approximate surface area is 194 Å². The maximum atomic E-state index is 10.3. The van der Waals surface area contributed by atoms with Gasteiger partial charge in [0, 0.05) is 18.8 Å². The molecule has 0 saturated heterocycles. The van der Waals surface area contributed by atoms with Crippen LogP contribution >= 0.6 is 11.6 Å². The lowest BCUT2D eigenvalue weighted by atomic mass is 9.90. The summed E-state index contributed by atoms with van der Waals surface area (Å²) in [6.07, 6.45) is 25.7. The number of aromatic nitrogens is 2. The number of halogens is 1. The number of nitrogens with zero attached hydrogens (tertiary/aromatic N) is 3. The summed E-state index contributed by atoms with van der Waals surface area (Å²) in [4.78, 5) is 21.5. The van der Waals surface area contributed by atoms with Crippen LogP contribution in [0.2, 0.25) is 5.15 Å². The van der Waals surface area contributed by atoms with Gasteiger partial charge in [0.15, 0.2) is 5.15 Å². The van der Waals surface area contributed by atoms with E-state index in [4.69, 9.17) is 11.6 Å². The highest BCUT2D eigenvalue weighted by Crippen LogP contribution is 2.36. The molecule has 4 rings (SSSR count). The number of hydrogen-bond donors (Lipinski definition) is 0. The molecule has 0 saturated carbocycles. The second-order valence-electron chi connectivity index (χ2n) is 7.84. The molecule has 0 bridgehead atoms. The molecule has 0 N–H and O–H groups in total. The van der Waals surface area contributed by atoms with Gasteiger partial charge >= 0.3 is 0 Å². The minimum atomic E-state index is 0.321. The second-order valence-corrected chi connectivity index (χ2v) is 8.19. The first-order chi connectivity index (χ1) is 15.7. The largest absolute Gasteiger partial charge is 0.371 e. The molecule has 2 aliphatic heterocycles. The fourth-order valence-electron chi connectivity index (χ4n) is 4.21. The van der Waals surface area contributed by atoms with Gasteiger partial charge in [-0.05, 0) is 72.7 Å². The molecule has 162 valence electrons. The highest BCUT2D eigenvalue weighted by molar-refractivity contribution is 6.30. The topological polar surface area (TPSA) is 46.1 Å². The van der Waals surface area contributed by atoms with Gasteiger partial charge in [-0.25, -0.2) is 4.98 Å². The monoisotopic (exact) mass is 443 g/mol. The van der Waals surface area contributed by atoms with Crippen molar-refractivity contribution in [3.63, 3.8) is 0 Å². The standard InChI is InChI=1S/C27H26ClN3O/c28-27-25(14-6-3-7-17-32)29-20-24(30-27)13-5-2-1-4-10-21-18-22-11-8-15-31-16-9-12-23(19-21)26(22)31/h1-7,10,13-14,17-20H,8-9,11-12,15-16H2/b2-1+,7-3+,10-4+,13-5+,14-6+. The van der Waals surface area contributed by atoms with Crippen molar-refractivity contribution >= 4 is 41.8 Å². The van der Waals surface area contributed by atoms with E-state index in [9.17, 15) is 4.79 Å². The number of carbonyl (C=O) groups is 1. The Kier molecular flexibility index (Phi) is 7.47. The Bertz CT molecular complexity index is 1100. The van der Waals surface area contributed by atoms with Crippen LogP contribution in [-0.2, 0) is 17.6 Å². The Balaban J connectivity index is 1.37. The van der Waals surface area contributed by atoms with Crippen molar-refractivity contribution in [1.82, 2.24) is 9.97 Å². The minimum Gasteiger partial charge on any atom is -0.371 e. The van der Waals surface area contributed by atoms with Gasteiger partial charge in [0.05, 0.1) is 11.9 Å². The van der Waals surface area contributed by atoms with Crippen molar-refractivity contribution < 1.29 is 4.79 Å². The summed E-state index contributed by atoms with van der Waals surface area (Å²) < 4.78 is 0. The lowest BCUT2D eigenvalue weighted by Gasteiger charge is -2.37. The molecule has 5 heteroatoms. The predicted octanol–water partition coefficient (Wildman–Crippen LogP) is 5.88. The molecule has 1 aromatic heterocycles. The molecule has 0 amide bonds. The minimum absolute atomic E-state index is 0.321. The molecule has 0 fully saturated rings. The number of carbonyl (C=O) groups excluding carboxylic acids is 1. The van der Waals surface area contributed by atoms with Gasteiger partial charge in [-0.3, -0.25) is 9.78 Å². The van der Waals surface area contributed by atoms with E-state index in [1.807, 2.05) is 24.3 Å². The quantitative estimate of drug-likeness (QED) is 0.304. The average molecular weight is 444 g/mol. The van der Waals surface area contributed by atoms with Crippen molar-refractivity contribution in [2.45, 2.75) is 25.7 Å².